The van der Waals surface area contributed by atoms with Crippen LogP contribution in [0.5, 0.6) is 0 Å². The zero-order valence-electron chi connectivity index (χ0n) is 8.50. The van der Waals surface area contributed by atoms with Crippen molar-refractivity contribution in [1.82, 2.24) is 4.98 Å². The molecule has 0 radical (unpaired) electrons. The van der Waals surface area contributed by atoms with Crippen LogP contribution in [0.3, 0.4) is 0 Å². The van der Waals surface area contributed by atoms with Gasteiger partial charge in [0.1, 0.15) is 0 Å². The lowest BCUT2D eigenvalue weighted by atomic mass is 10.1. The highest BCUT2D eigenvalue weighted by atomic mass is 32.1. The Hall–Kier alpha value is -1.10. The second kappa shape index (κ2) is 4.41. The fourth-order valence-corrected chi connectivity index (χ4v) is 2.25. The van der Waals surface area contributed by atoms with E-state index in [9.17, 15) is 4.79 Å². The van der Waals surface area contributed by atoms with Crippen molar-refractivity contribution in [2.24, 2.45) is 5.92 Å². The highest BCUT2D eigenvalue weighted by Gasteiger charge is 2.17. The van der Waals surface area contributed by atoms with Crippen LogP contribution in [-0.2, 0) is 6.42 Å². The average molecular weight is 214 g/mol. The zero-order chi connectivity index (χ0) is 10.7. The van der Waals surface area contributed by atoms with Crippen LogP contribution in [-0.4, -0.2) is 23.1 Å². The van der Waals surface area contributed by atoms with Gasteiger partial charge in [-0.1, -0.05) is 13.8 Å². The molecule has 0 aromatic carbocycles. The highest BCUT2D eigenvalue weighted by Crippen LogP contribution is 2.25. The van der Waals surface area contributed by atoms with E-state index in [2.05, 4.69) is 24.1 Å². The smallest absolute Gasteiger partial charge is 0.355 e. The first kappa shape index (κ1) is 11.0. The second-order valence-electron chi connectivity index (χ2n) is 3.44. The van der Waals surface area contributed by atoms with E-state index < -0.39 is 5.97 Å². The second-order valence-corrected chi connectivity index (χ2v) is 4.53. The number of rotatable bonds is 4. The normalized spacial score (nSPS) is 10.6. The summed E-state index contributed by atoms with van der Waals surface area (Å²) in [4.78, 5) is 15.7. The standard InChI is InChI=1S/C9H14N2O2S/c1-5(2)4-6-7(8(12)13)11-9(10-3)14-6/h5H,4H2,1-3H3,(H,10,11)(H,12,13). The molecule has 0 fully saturated rings. The Morgan fingerprint density at radius 1 is 1.64 bits per heavy atom. The van der Waals surface area contributed by atoms with E-state index in [4.69, 9.17) is 5.11 Å². The summed E-state index contributed by atoms with van der Waals surface area (Å²) in [5, 5.41) is 12.4. The summed E-state index contributed by atoms with van der Waals surface area (Å²) in [5.41, 5.74) is 0.188. The van der Waals surface area contributed by atoms with Gasteiger partial charge in [0.15, 0.2) is 10.8 Å². The molecule has 0 unspecified atom stereocenters. The molecule has 1 aromatic heterocycles. The molecule has 0 aliphatic carbocycles. The minimum Gasteiger partial charge on any atom is -0.476 e. The summed E-state index contributed by atoms with van der Waals surface area (Å²) in [5.74, 6) is -0.503. The maximum absolute atomic E-state index is 10.8. The summed E-state index contributed by atoms with van der Waals surface area (Å²) in [6, 6.07) is 0. The third-order valence-corrected chi connectivity index (χ3v) is 2.80. The Labute approximate surface area is 87.0 Å². The Morgan fingerprint density at radius 3 is 2.71 bits per heavy atom. The van der Waals surface area contributed by atoms with Gasteiger partial charge in [0.25, 0.3) is 0 Å². The van der Waals surface area contributed by atoms with Gasteiger partial charge in [-0.15, -0.1) is 11.3 Å². The average Bonchev–Trinajstić information content (AvgIpc) is 2.46. The number of carbonyl (C=O) groups is 1. The van der Waals surface area contributed by atoms with E-state index in [1.165, 1.54) is 11.3 Å². The molecule has 0 bridgehead atoms. The highest BCUT2D eigenvalue weighted by molar-refractivity contribution is 7.15. The maximum Gasteiger partial charge on any atom is 0.355 e. The summed E-state index contributed by atoms with van der Waals surface area (Å²) < 4.78 is 0. The molecule has 5 heteroatoms. The van der Waals surface area contributed by atoms with E-state index in [0.717, 1.165) is 11.3 Å². The zero-order valence-corrected chi connectivity index (χ0v) is 9.31. The molecule has 0 aliphatic rings. The van der Waals surface area contributed by atoms with Crippen molar-refractivity contribution in [3.63, 3.8) is 0 Å². The predicted molar refractivity (Wildman–Crippen MR) is 57.2 cm³/mol. The third-order valence-electron chi connectivity index (χ3n) is 1.71. The molecule has 78 valence electrons. The van der Waals surface area contributed by atoms with E-state index in [1.54, 1.807) is 7.05 Å². The maximum atomic E-state index is 10.8. The van der Waals surface area contributed by atoms with Crippen molar-refractivity contribution in [2.45, 2.75) is 20.3 Å². The van der Waals surface area contributed by atoms with Crippen LogP contribution in [0.1, 0.15) is 29.2 Å². The number of nitrogens with one attached hydrogen (secondary N) is 1. The van der Waals surface area contributed by atoms with Crippen LogP contribution in [0.2, 0.25) is 0 Å². The van der Waals surface area contributed by atoms with Crippen molar-refractivity contribution in [2.75, 3.05) is 12.4 Å². The molecular formula is C9H14N2O2S. The fraction of sp³-hybridized carbons (Fsp3) is 0.556. The lowest BCUT2D eigenvalue weighted by Gasteiger charge is -2.01. The lowest BCUT2D eigenvalue weighted by molar-refractivity contribution is 0.0690. The number of nitrogens with zero attached hydrogens (tertiary/aromatic N) is 1. The predicted octanol–water partition coefficient (Wildman–Crippen LogP) is 2.08. The van der Waals surface area contributed by atoms with Crippen LogP contribution in [0.15, 0.2) is 0 Å². The van der Waals surface area contributed by atoms with Crippen LogP contribution < -0.4 is 5.32 Å². The Balaban J connectivity index is 2.99. The fourth-order valence-electron chi connectivity index (χ4n) is 1.13. The number of aromatic carboxylic acids is 1. The number of carboxylic acid groups (broad SMARTS) is 1. The molecule has 14 heavy (non-hydrogen) atoms. The molecule has 0 spiro atoms. The van der Waals surface area contributed by atoms with Gasteiger partial charge < -0.3 is 10.4 Å². The molecule has 0 atom stereocenters. The first-order valence-corrected chi connectivity index (χ1v) is 5.27. The number of hydrogen-bond acceptors (Lipinski definition) is 4. The van der Waals surface area contributed by atoms with Gasteiger partial charge in [0.05, 0.1) is 0 Å². The van der Waals surface area contributed by atoms with Gasteiger partial charge in [-0.05, 0) is 12.3 Å². The molecule has 0 saturated carbocycles. The Kier molecular flexibility index (Phi) is 3.46. The molecule has 0 amide bonds. The Morgan fingerprint density at radius 2 is 2.29 bits per heavy atom. The van der Waals surface area contributed by atoms with Crippen molar-refractivity contribution in [3.8, 4) is 0 Å². The van der Waals surface area contributed by atoms with Gasteiger partial charge in [-0.3, -0.25) is 0 Å². The lowest BCUT2D eigenvalue weighted by Crippen LogP contribution is -2.03. The molecular weight excluding hydrogens is 200 g/mol. The van der Waals surface area contributed by atoms with Gasteiger partial charge >= 0.3 is 5.97 Å². The van der Waals surface area contributed by atoms with Crippen LogP contribution in [0, 0.1) is 5.92 Å². The van der Waals surface area contributed by atoms with Crippen molar-refractivity contribution < 1.29 is 9.90 Å². The summed E-state index contributed by atoms with van der Waals surface area (Å²) in [6.45, 7) is 4.12. The van der Waals surface area contributed by atoms with Crippen LogP contribution in [0.25, 0.3) is 0 Å². The molecule has 1 rings (SSSR count). The molecule has 1 aromatic rings. The molecule has 0 aliphatic heterocycles. The van der Waals surface area contributed by atoms with Crippen molar-refractivity contribution in [1.29, 1.82) is 0 Å². The van der Waals surface area contributed by atoms with Crippen LogP contribution >= 0.6 is 11.3 Å². The number of thiazole rings is 1. The molecule has 1 heterocycles. The van der Waals surface area contributed by atoms with E-state index >= 15 is 0 Å². The summed E-state index contributed by atoms with van der Waals surface area (Å²) in [7, 11) is 1.74. The number of hydrogen-bond donors (Lipinski definition) is 2. The minimum atomic E-state index is -0.946. The third kappa shape index (κ3) is 2.45. The van der Waals surface area contributed by atoms with Crippen molar-refractivity contribution in [3.05, 3.63) is 10.6 Å². The molecule has 2 N–H and O–H groups in total. The minimum absolute atomic E-state index is 0.188. The van der Waals surface area contributed by atoms with Gasteiger partial charge in [0, 0.05) is 11.9 Å². The monoisotopic (exact) mass is 214 g/mol. The van der Waals surface area contributed by atoms with Gasteiger partial charge in [0.2, 0.25) is 0 Å². The molecule has 0 saturated heterocycles. The molecule has 4 nitrogen and oxygen atoms in total. The van der Waals surface area contributed by atoms with Gasteiger partial charge in [-0.2, -0.15) is 0 Å². The first-order chi connectivity index (χ1) is 6.54. The largest absolute Gasteiger partial charge is 0.476 e. The van der Waals surface area contributed by atoms with E-state index in [-0.39, 0.29) is 5.69 Å². The van der Waals surface area contributed by atoms with E-state index in [0.29, 0.717) is 11.0 Å². The van der Waals surface area contributed by atoms with Crippen LogP contribution in [0.4, 0.5) is 5.13 Å². The summed E-state index contributed by atoms with van der Waals surface area (Å²) >= 11 is 1.41. The number of anilines is 1. The number of carboxylic acids is 1. The number of aromatic nitrogens is 1. The van der Waals surface area contributed by atoms with Gasteiger partial charge in [-0.25, -0.2) is 9.78 Å². The van der Waals surface area contributed by atoms with Crippen molar-refractivity contribution >= 4 is 22.4 Å². The Bertz CT molecular complexity index is 334. The van der Waals surface area contributed by atoms with E-state index in [1.807, 2.05) is 0 Å². The SMILES string of the molecule is CNc1nc(C(=O)O)c(CC(C)C)s1. The topological polar surface area (TPSA) is 62.2 Å². The quantitative estimate of drug-likeness (QED) is 0.805. The summed E-state index contributed by atoms with van der Waals surface area (Å²) in [6.07, 6.45) is 0.765. The first-order valence-electron chi connectivity index (χ1n) is 4.45.